The predicted octanol–water partition coefficient (Wildman–Crippen LogP) is 7.53. The lowest BCUT2D eigenvalue weighted by Crippen LogP contribution is -2.32. The highest BCUT2D eigenvalue weighted by Crippen LogP contribution is 2.55. The normalized spacial score (nSPS) is 24.3. The lowest BCUT2D eigenvalue weighted by molar-refractivity contribution is -0.173. The monoisotopic (exact) mass is 670 g/mol. The first kappa shape index (κ1) is 32.0. The summed E-state index contributed by atoms with van der Waals surface area (Å²) < 4.78 is 38.5. The van der Waals surface area contributed by atoms with Crippen LogP contribution in [0.5, 0.6) is 0 Å². The number of hydrogen-bond acceptors (Lipinski definition) is 7. The number of aromatic nitrogens is 1. The molecule has 47 heavy (non-hydrogen) atoms. The molecule has 2 aliphatic heterocycles. The standard InChI is InChI=1S/C38H39ClN2O5S/c1-47(43,44)35-17-13-29(21-31(35)39)30(32-15-16-34(41-32)33-14-12-26(24-42)23-40-33)20-25-18-19-38(22-25)45-36(27-8-4-2-5-9-27)37(46-38)28-10-6-3-7-11-28/h2-14,16-17,21,23,25,30,32,36-37,41-42H,15,18-20,22,24H2,1H3/t25-,30?,32?,36-,37-/m1/s1. The van der Waals surface area contributed by atoms with E-state index in [2.05, 4.69) is 40.6 Å². The van der Waals surface area contributed by atoms with Gasteiger partial charge in [0, 0.05) is 37.3 Å². The number of nitrogens with zero attached hydrogens (tertiary/aromatic N) is 1. The highest BCUT2D eigenvalue weighted by Gasteiger charge is 2.53. The molecule has 1 saturated carbocycles. The molecular weight excluding hydrogens is 632 g/mol. The zero-order valence-corrected chi connectivity index (χ0v) is 27.8. The van der Waals surface area contributed by atoms with Crippen molar-refractivity contribution in [2.75, 3.05) is 6.26 Å². The number of benzene rings is 3. The highest BCUT2D eigenvalue weighted by atomic mass is 35.5. The van der Waals surface area contributed by atoms with Crippen molar-refractivity contribution in [3.8, 4) is 0 Å². The first-order valence-corrected chi connectivity index (χ1v) is 18.5. The Kier molecular flexibility index (Phi) is 8.98. The number of rotatable bonds is 9. The van der Waals surface area contributed by atoms with Crippen LogP contribution in [0.4, 0.5) is 0 Å². The van der Waals surface area contributed by atoms with Crippen LogP contribution in [0.3, 0.4) is 0 Å². The Morgan fingerprint density at radius 1 is 0.979 bits per heavy atom. The van der Waals surface area contributed by atoms with Crippen molar-refractivity contribution in [3.05, 3.63) is 136 Å². The molecule has 1 aliphatic carbocycles. The molecule has 5 atom stereocenters. The Morgan fingerprint density at radius 3 is 2.23 bits per heavy atom. The maximum atomic E-state index is 12.4. The second-order valence-corrected chi connectivity index (χ2v) is 15.4. The molecule has 3 aromatic carbocycles. The zero-order valence-electron chi connectivity index (χ0n) is 26.3. The van der Waals surface area contributed by atoms with E-state index in [1.165, 1.54) is 6.26 Å². The smallest absolute Gasteiger partial charge is 0.176 e. The first-order valence-electron chi connectivity index (χ1n) is 16.2. The van der Waals surface area contributed by atoms with E-state index < -0.39 is 15.6 Å². The Hall–Kier alpha value is -3.53. The molecule has 0 radical (unpaired) electrons. The summed E-state index contributed by atoms with van der Waals surface area (Å²) in [7, 11) is -3.46. The molecule has 1 spiro atoms. The van der Waals surface area contributed by atoms with Crippen LogP contribution >= 0.6 is 11.6 Å². The second-order valence-electron chi connectivity index (χ2n) is 13.0. The maximum absolute atomic E-state index is 12.4. The molecule has 1 saturated heterocycles. The largest absolute Gasteiger partial charge is 0.392 e. The highest BCUT2D eigenvalue weighted by molar-refractivity contribution is 7.90. The average molecular weight is 671 g/mol. The van der Waals surface area contributed by atoms with Gasteiger partial charge >= 0.3 is 0 Å². The van der Waals surface area contributed by atoms with Crippen molar-refractivity contribution in [2.24, 2.45) is 5.92 Å². The van der Waals surface area contributed by atoms with E-state index in [0.717, 1.165) is 65.7 Å². The van der Waals surface area contributed by atoms with E-state index in [1.807, 2.05) is 60.7 Å². The molecular formula is C38H39ClN2O5S. The van der Waals surface area contributed by atoms with Crippen LogP contribution in [0, 0.1) is 5.92 Å². The van der Waals surface area contributed by atoms with Crippen molar-refractivity contribution < 1.29 is 23.0 Å². The summed E-state index contributed by atoms with van der Waals surface area (Å²) in [6.45, 7) is -0.0524. The van der Waals surface area contributed by atoms with Gasteiger partial charge in [-0.15, -0.1) is 0 Å². The molecule has 7 nitrogen and oxygen atoms in total. The van der Waals surface area contributed by atoms with E-state index in [0.29, 0.717) is 5.92 Å². The Balaban J connectivity index is 1.14. The molecule has 3 aliphatic rings. The fourth-order valence-corrected chi connectivity index (χ4v) is 8.83. The summed E-state index contributed by atoms with van der Waals surface area (Å²) >= 11 is 6.60. The van der Waals surface area contributed by atoms with Gasteiger partial charge in [-0.2, -0.15) is 0 Å². The number of nitrogens with one attached hydrogen (secondary N) is 1. The summed E-state index contributed by atoms with van der Waals surface area (Å²) in [6.07, 6.45) is 8.78. The van der Waals surface area contributed by atoms with Gasteiger partial charge in [0.15, 0.2) is 15.6 Å². The molecule has 9 heteroatoms. The van der Waals surface area contributed by atoms with Crippen LogP contribution in [0.1, 0.15) is 78.2 Å². The molecule has 0 amide bonds. The molecule has 4 aromatic rings. The lowest BCUT2D eigenvalue weighted by atomic mass is 9.82. The Labute approximate surface area is 281 Å². The van der Waals surface area contributed by atoms with Crippen LogP contribution in [0.2, 0.25) is 5.02 Å². The fraction of sp³-hybridized carbons (Fsp3) is 0.342. The van der Waals surface area contributed by atoms with Gasteiger partial charge in [0.2, 0.25) is 0 Å². The molecule has 0 bridgehead atoms. The predicted molar refractivity (Wildman–Crippen MR) is 182 cm³/mol. The summed E-state index contributed by atoms with van der Waals surface area (Å²) in [4.78, 5) is 4.69. The van der Waals surface area contributed by atoms with Gasteiger partial charge in [-0.05, 0) is 65.6 Å². The van der Waals surface area contributed by atoms with E-state index in [1.54, 1.807) is 12.3 Å². The summed E-state index contributed by atoms with van der Waals surface area (Å²) in [6, 6.07) is 29.9. The van der Waals surface area contributed by atoms with E-state index in [-0.39, 0.29) is 40.7 Å². The third-order valence-corrected chi connectivity index (χ3v) is 11.4. The third-order valence-electron chi connectivity index (χ3n) is 9.80. The Morgan fingerprint density at radius 2 is 1.66 bits per heavy atom. The molecule has 1 aromatic heterocycles. The number of sulfone groups is 1. The number of hydrogen-bond donors (Lipinski definition) is 2. The van der Waals surface area contributed by atoms with Crippen molar-refractivity contribution >= 4 is 27.1 Å². The lowest BCUT2D eigenvalue weighted by Gasteiger charge is -2.29. The van der Waals surface area contributed by atoms with E-state index in [9.17, 15) is 13.5 Å². The topological polar surface area (TPSA) is 97.8 Å². The van der Waals surface area contributed by atoms with Gasteiger partial charge in [-0.25, -0.2) is 8.42 Å². The third kappa shape index (κ3) is 6.76. The van der Waals surface area contributed by atoms with Gasteiger partial charge in [0.25, 0.3) is 0 Å². The number of aliphatic hydroxyl groups excluding tert-OH is 1. The molecule has 2 fully saturated rings. The van der Waals surface area contributed by atoms with Crippen molar-refractivity contribution in [1.82, 2.24) is 10.3 Å². The van der Waals surface area contributed by atoms with Gasteiger partial charge < -0.3 is 19.9 Å². The molecule has 2 unspecified atom stereocenters. The van der Waals surface area contributed by atoms with E-state index >= 15 is 0 Å². The van der Waals surface area contributed by atoms with Crippen LogP contribution in [0.25, 0.3) is 5.70 Å². The second kappa shape index (κ2) is 13.2. The molecule has 2 N–H and O–H groups in total. The van der Waals surface area contributed by atoms with Gasteiger partial charge in [0.05, 0.1) is 27.9 Å². The minimum Gasteiger partial charge on any atom is -0.392 e. The molecule has 3 heterocycles. The SMILES string of the molecule is CS(=O)(=O)c1ccc(C(C[C@H]2CCC3(C2)O[C@H](c2ccccc2)[C@@H](c2ccccc2)O3)C2CC=C(c3ccc(CO)cn3)N2)cc1Cl. The van der Waals surface area contributed by atoms with E-state index in [4.69, 9.17) is 21.1 Å². The summed E-state index contributed by atoms with van der Waals surface area (Å²) in [5.74, 6) is -0.325. The van der Waals surface area contributed by atoms with Crippen molar-refractivity contribution in [2.45, 2.75) is 73.6 Å². The number of pyridine rings is 1. The minimum absolute atomic E-state index is 0.0444. The van der Waals surface area contributed by atoms with Crippen LogP contribution < -0.4 is 5.32 Å². The van der Waals surface area contributed by atoms with Crippen molar-refractivity contribution in [1.29, 1.82) is 0 Å². The van der Waals surface area contributed by atoms with Gasteiger partial charge in [-0.3, -0.25) is 4.98 Å². The minimum atomic E-state index is -3.46. The maximum Gasteiger partial charge on any atom is 0.176 e. The van der Waals surface area contributed by atoms with Crippen molar-refractivity contribution in [3.63, 3.8) is 0 Å². The Bertz CT molecular complexity index is 1800. The van der Waals surface area contributed by atoms with Crippen LogP contribution in [-0.4, -0.2) is 36.6 Å². The number of ether oxygens (including phenoxy) is 2. The number of aliphatic hydroxyl groups is 1. The van der Waals surface area contributed by atoms with Gasteiger partial charge in [0.1, 0.15) is 12.2 Å². The number of halogens is 1. The average Bonchev–Trinajstić information content (AvgIpc) is 3.83. The molecule has 244 valence electrons. The summed E-state index contributed by atoms with van der Waals surface area (Å²) in [5, 5.41) is 13.4. The molecule has 7 rings (SSSR count). The fourth-order valence-electron chi connectivity index (χ4n) is 7.49. The van der Waals surface area contributed by atoms with Crippen LogP contribution in [0.15, 0.2) is 108 Å². The van der Waals surface area contributed by atoms with Crippen LogP contribution in [-0.2, 0) is 25.9 Å². The zero-order chi connectivity index (χ0) is 32.6. The van der Waals surface area contributed by atoms with Gasteiger partial charge in [-0.1, -0.05) is 90.5 Å². The first-order chi connectivity index (χ1) is 22.7. The summed E-state index contributed by atoms with van der Waals surface area (Å²) in [5.41, 5.74) is 5.74. The quantitative estimate of drug-likeness (QED) is 0.190.